The average molecular weight is 424 g/mol. The van der Waals surface area contributed by atoms with Crippen LogP contribution in [-0.2, 0) is 16.6 Å². The third-order valence-corrected chi connectivity index (χ3v) is 4.37. The molecule has 0 saturated carbocycles. The molecule has 28 heavy (non-hydrogen) atoms. The van der Waals surface area contributed by atoms with Gasteiger partial charge in [-0.2, -0.15) is 13.2 Å². The van der Waals surface area contributed by atoms with Crippen LogP contribution in [0, 0.1) is 6.92 Å². The molecule has 7 nitrogen and oxygen atoms in total. The number of hydrogen-bond acceptors (Lipinski definition) is 4. The highest BCUT2D eigenvalue weighted by atomic mass is 32.2. The molecule has 0 saturated heterocycles. The largest absolute Gasteiger partial charge is 0.484 e. The Hall–Kier alpha value is -2.01. The number of halogens is 3. The van der Waals surface area contributed by atoms with Crippen molar-refractivity contribution in [3.63, 3.8) is 0 Å². The number of guanidine groups is 1. The molecular weight excluding hydrogens is 397 g/mol. The number of aryl methyl sites for hydroxylation is 1. The quantitative estimate of drug-likeness (QED) is 0.438. The molecule has 0 aliphatic heterocycles. The van der Waals surface area contributed by atoms with E-state index in [9.17, 15) is 21.6 Å². The fourth-order valence-corrected chi connectivity index (χ4v) is 3.42. The fourth-order valence-electron chi connectivity index (χ4n) is 2.34. The van der Waals surface area contributed by atoms with E-state index in [0.717, 1.165) is 11.8 Å². The van der Waals surface area contributed by atoms with Crippen LogP contribution in [0.15, 0.2) is 23.2 Å². The van der Waals surface area contributed by atoms with Gasteiger partial charge in [0.25, 0.3) is 0 Å². The Bertz CT molecular complexity index is 793. The molecule has 1 aromatic carbocycles. The number of sulfonamides is 1. The minimum absolute atomic E-state index is 0.138. The third-order valence-electron chi connectivity index (χ3n) is 3.44. The molecule has 0 aliphatic carbocycles. The molecule has 3 N–H and O–H groups in total. The Kier molecular flexibility index (Phi) is 8.12. The average Bonchev–Trinajstić information content (AvgIpc) is 2.51. The standard InChI is InChI=1S/C17H27F3N4O3S/c1-12-6-7-13(14(8-12)27-11-17(18,19)20)9-22-15(21-4)23-10-16(2,3)24-28(5,25)26/h6-8,24H,9-11H2,1-5H3,(H2,21,22,23). The first-order valence-electron chi connectivity index (χ1n) is 8.43. The number of benzene rings is 1. The predicted octanol–water partition coefficient (Wildman–Crippen LogP) is 1.93. The van der Waals surface area contributed by atoms with Gasteiger partial charge >= 0.3 is 6.18 Å². The number of aliphatic imine (C=N–C) groups is 1. The summed E-state index contributed by atoms with van der Waals surface area (Å²) in [5.74, 6) is 0.505. The summed E-state index contributed by atoms with van der Waals surface area (Å²) in [4.78, 5) is 4.03. The normalized spacial score (nSPS) is 13.4. The lowest BCUT2D eigenvalue weighted by atomic mass is 10.1. The predicted molar refractivity (Wildman–Crippen MR) is 103 cm³/mol. The summed E-state index contributed by atoms with van der Waals surface area (Å²) < 4.78 is 67.6. The fraction of sp³-hybridized carbons (Fsp3) is 0.588. The summed E-state index contributed by atoms with van der Waals surface area (Å²) in [5.41, 5.74) is 0.541. The molecule has 0 aliphatic rings. The van der Waals surface area contributed by atoms with E-state index in [2.05, 4.69) is 20.3 Å². The first-order valence-corrected chi connectivity index (χ1v) is 10.3. The first-order chi connectivity index (χ1) is 12.7. The van der Waals surface area contributed by atoms with E-state index in [1.165, 1.54) is 13.1 Å². The van der Waals surface area contributed by atoms with Gasteiger partial charge in [0.2, 0.25) is 10.0 Å². The lowest BCUT2D eigenvalue weighted by Crippen LogP contribution is -2.52. The molecular formula is C17H27F3N4O3S. The Morgan fingerprint density at radius 1 is 1.21 bits per heavy atom. The number of hydrogen-bond donors (Lipinski definition) is 3. The van der Waals surface area contributed by atoms with E-state index in [0.29, 0.717) is 11.5 Å². The van der Waals surface area contributed by atoms with Crippen molar-refractivity contribution < 1.29 is 26.3 Å². The van der Waals surface area contributed by atoms with Crippen LogP contribution in [-0.4, -0.2) is 52.5 Å². The van der Waals surface area contributed by atoms with Crippen molar-refractivity contribution in [3.8, 4) is 5.75 Å². The monoisotopic (exact) mass is 424 g/mol. The van der Waals surface area contributed by atoms with Crippen LogP contribution in [0.5, 0.6) is 5.75 Å². The van der Waals surface area contributed by atoms with Crippen molar-refractivity contribution in [1.82, 2.24) is 15.4 Å². The molecule has 160 valence electrons. The van der Waals surface area contributed by atoms with Crippen molar-refractivity contribution in [1.29, 1.82) is 0 Å². The number of rotatable bonds is 8. The van der Waals surface area contributed by atoms with Crippen molar-refractivity contribution in [2.45, 2.75) is 39.0 Å². The van der Waals surface area contributed by atoms with Crippen LogP contribution < -0.4 is 20.1 Å². The molecule has 11 heteroatoms. The van der Waals surface area contributed by atoms with Gasteiger partial charge < -0.3 is 15.4 Å². The smallest absolute Gasteiger partial charge is 0.422 e. The highest BCUT2D eigenvalue weighted by Gasteiger charge is 2.29. The van der Waals surface area contributed by atoms with Crippen LogP contribution in [0.1, 0.15) is 25.0 Å². The van der Waals surface area contributed by atoms with Crippen molar-refractivity contribution in [3.05, 3.63) is 29.3 Å². The first kappa shape index (κ1) is 24.0. The van der Waals surface area contributed by atoms with Gasteiger partial charge in [-0.3, -0.25) is 4.99 Å². The summed E-state index contributed by atoms with van der Waals surface area (Å²) in [7, 11) is -1.85. The van der Waals surface area contributed by atoms with Crippen LogP contribution in [0.2, 0.25) is 0 Å². The number of ether oxygens (including phenoxy) is 1. The van der Waals surface area contributed by atoms with Crippen LogP contribution >= 0.6 is 0 Å². The summed E-state index contributed by atoms with van der Waals surface area (Å²) in [6.45, 7) is 4.21. The zero-order chi connectivity index (χ0) is 21.6. The van der Waals surface area contributed by atoms with E-state index in [1.807, 2.05) is 0 Å². The summed E-state index contributed by atoms with van der Waals surface area (Å²) >= 11 is 0. The molecule has 1 rings (SSSR count). The maximum absolute atomic E-state index is 12.5. The van der Waals surface area contributed by atoms with Crippen LogP contribution in [0.25, 0.3) is 0 Å². The third kappa shape index (κ3) is 9.79. The van der Waals surface area contributed by atoms with Gasteiger partial charge in [0.1, 0.15) is 5.75 Å². The molecule has 0 heterocycles. The maximum Gasteiger partial charge on any atom is 0.422 e. The molecule has 0 unspecified atom stereocenters. The number of nitrogens with zero attached hydrogens (tertiary/aromatic N) is 1. The second kappa shape index (κ2) is 9.46. The van der Waals surface area contributed by atoms with Crippen LogP contribution in [0.4, 0.5) is 13.2 Å². The Morgan fingerprint density at radius 3 is 2.39 bits per heavy atom. The second-order valence-electron chi connectivity index (χ2n) is 7.05. The van der Waals surface area contributed by atoms with Crippen LogP contribution in [0.3, 0.4) is 0 Å². The second-order valence-corrected chi connectivity index (χ2v) is 8.80. The highest BCUT2D eigenvalue weighted by Crippen LogP contribution is 2.23. The van der Waals surface area contributed by atoms with E-state index >= 15 is 0 Å². The van der Waals surface area contributed by atoms with Gasteiger partial charge in [0.05, 0.1) is 6.26 Å². The lowest BCUT2D eigenvalue weighted by molar-refractivity contribution is -0.153. The molecule has 0 spiro atoms. The van der Waals surface area contributed by atoms with Gasteiger partial charge in [-0.05, 0) is 32.4 Å². The zero-order valence-electron chi connectivity index (χ0n) is 16.6. The molecule has 0 atom stereocenters. The molecule has 0 aromatic heterocycles. The molecule has 0 bridgehead atoms. The van der Waals surface area contributed by atoms with E-state index in [1.54, 1.807) is 32.9 Å². The van der Waals surface area contributed by atoms with Crippen molar-refractivity contribution in [2.75, 3.05) is 26.5 Å². The summed E-state index contributed by atoms with van der Waals surface area (Å²) in [5, 5.41) is 5.96. The topological polar surface area (TPSA) is 91.8 Å². The molecule has 0 amide bonds. The van der Waals surface area contributed by atoms with E-state index in [-0.39, 0.29) is 18.8 Å². The Balaban J connectivity index is 2.73. The van der Waals surface area contributed by atoms with E-state index in [4.69, 9.17) is 4.74 Å². The van der Waals surface area contributed by atoms with Crippen molar-refractivity contribution in [2.24, 2.45) is 4.99 Å². The Labute approximate surface area is 163 Å². The van der Waals surface area contributed by atoms with E-state index < -0.39 is 28.3 Å². The van der Waals surface area contributed by atoms with Gasteiger partial charge in [-0.25, -0.2) is 13.1 Å². The molecule has 0 fully saturated rings. The molecule has 1 aromatic rings. The van der Waals surface area contributed by atoms with Gasteiger partial charge in [-0.15, -0.1) is 0 Å². The van der Waals surface area contributed by atoms with Gasteiger partial charge in [0.15, 0.2) is 12.6 Å². The Morgan fingerprint density at radius 2 is 1.86 bits per heavy atom. The molecule has 0 radical (unpaired) electrons. The minimum Gasteiger partial charge on any atom is -0.484 e. The summed E-state index contributed by atoms with van der Waals surface area (Å²) in [6.07, 6.45) is -3.36. The number of nitrogens with one attached hydrogen (secondary N) is 3. The lowest BCUT2D eigenvalue weighted by Gasteiger charge is -2.26. The summed E-state index contributed by atoms with van der Waals surface area (Å²) in [6, 6.07) is 4.99. The minimum atomic E-state index is -4.43. The maximum atomic E-state index is 12.5. The van der Waals surface area contributed by atoms with Crippen molar-refractivity contribution >= 4 is 16.0 Å². The van der Waals surface area contributed by atoms with Gasteiger partial charge in [-0.1, -0.05) is 12.1 Å². The van der Waals surface area contributed by atoms with Gasteiger partial charge in [0, 0.05) is 31.2 Å². The zero-order valence-corrected chi connectivity index (χ0v) is 17.4. The SMILES string of the molecule is CN=C(NCc1ccc(C)cc1OCC(F)(F)F)NCC(C)(C)NS(C)(=O)=O. The highest BCUT2D eigenvalue weighted by molar-refractivity contribution is 7.88. The number of alkyl halides is 3.